The number of hydrogen-bond acceptors (Lipinski definition) is 5. The zero-order chi connectivity index (χ0) is 24.8. The summed E-state index contributed by atoms with van der Waals surface area (Å²) in [6.07, 6.45) is 4.14. The lowest BCUT2D eigenvalue weighted by Gasteiger charge is -2.35. The monoisotopic (exact) mass is 473 g/mol. The number of hydrogen-bond donors (Lipinski definition) is 0. The third kappa shape index (κ3) is 4.88. The van der Waals surface area contributed by atoms with E-state index in [-0.39, 0.29) is 12.5 Å². The molecule has 0 aliphatic carbocycles. The van der Waals surface area contributed by atoms with Crippen LogP contribution in [0.1, 0.15) is 29.2 Å². The number of rotatable bonds is 7. The molecule has 5 nitrogen and oxygen atoms in total. The van der Waals surface area contributed by atoms with Gasteiger partial charge in [0.25, 0.3) is 0 Å². The van der Waals surface area contributed by atoms with Crippen molar-refractivity contribution >= 4 is 18.0 Å². The SMILES string of the molecule is COC(=O)C1(C(=O)OC)C[C@H](/C=C/c2ccccc2)N(Cc2ccccc2)[C@@H]1c1ccc(F)cc1. The van der Waals surface area contributed by atoms with Crippen LogP contribution in [0.4, 0.5) is 4.39 Å². The molecule has 0 unspecified atom stereocenters. The summed E-state index contributed by atoms with van der Waals surface area (Å²) in [5.41, 5.74) is 1.03. The maximum Gasteiger partial charge on any atom is 0.325 e. The summed E-state index contributed by atoms with van der Waals surface area (Å²) in [7, 11) is 2.53. The molecule has 1 aliphatic rings. The highest BCUT2D eigenvalue weighted by Gasteiger charge is 2.63. The van der Waals surface area contributed by atoms with Gasteiger partial charge in [-0.05, 0) is 35.2 Å². The Morgan fingerprint density at radius 2 is 1.49 bits per heavy atom. The van der Waals surface area contributed by atoms with E-state index in [0.29, 0.717) is 12.1 Å². The van der Waals surface area contributed by atoms with Gasteiger partial charge in [-0.25, -0.2) is 4.39 Å². The predicted octanol–water partition coefficient (Wildman–Crippen LogP) is 5.19. The molecular weight excluding hydrogens is 445 g/mol. The lowest BCUT2D eigenvalue weighted by atomic mass is 9.76. The van der Waals surface area contributed by atoms with Crippen LogP contribution in [-0.2, 0) is 25.6 Å². The minimum absolute atomic E-state index is 0.157. The molecule has 1 heterocycles. The molecular formula is C29H28FNO4. The van der Waals surface area contributed by atoms with E-state index in [4.69, 9.17) is 9.47 Å². The normalized spacial score (nSPS) is 19.5. The first-order chi connectivity index (χ1) is 17.0. The van der Waals surface area contributed by atoms with Crippen molar-refractivity contribution in [2.24, 2.45) is 5.41 Å². The van der Waals surface area contributed by atoms with Gasteiger partial charge in [-0.1, -0.05) is 84.9 Å². The van der Waals surface area contributed by atoms with Gasteiger partial charge in [-0.3, -0.25) is 14.5 Å². The van der Waals surface area contributed by atoms with Crippen molar-refractivity contribution < 1.29 is 23.5 Å². The maximum atomic E-state index is 13.8. The van der Waals surface area contributed by atoms with Crippen LogP contribution in [-0.4, -0.2) is 37.1 Å². The zero-order valence-electron chi connectivity index (χ0n) is 19.8. The molecule has 35 heavy (non-hydrogen) atoms. The fraction of sp³-hybridized carbons (Fsp3) is 0.241. The van der Waals surface area contributed by atoms with Gasteiger partial charge in [0.1, 0.15) is 5.82 Å². The van der Waals surface area contributed by atoms with E-state index in [2.05, 4.69) is 4.90 Å². The van der Waals surface area contributed by atoms with Gasteiger partial charge in [-0.15, -0.1) is 0 Å². The molecule has 4 rings (SSSR count). The molecule has 1 fully saturated rings. The van der Waals surface area contributed by atoms with E-state index < -0.39 is 29.2 Å². The first-order valence-electron chi connectivity index (χ1n) is 11.4. The number of likely N-dealkylation sites (tertiary alicyclic amines) is 1. The number of esters is 2. The summed E-state index contributed by atoms with van der Waals surface area (Å²) in [6.45, 7) is 0.461. The van der Waals surface area contributed by atoms with Crippen LogP contribution >= 0.6 is 0 Å². The molecule has 0 bridgehead atoms. The van der Waals surface area contributed by atoms with Crippen LogP contribution in [0, 0.1) is 11.2 Å². The number of carbonyl (C=O) groups excluding carboxylic acids is 2. The third-order valence-electron chi connectivity index (χ3n) is 6.56. The van der Waals surface area contributed by atoms with Crippen LogP contribution in [0.3, 0.4) is 0 Å². The Labute approximate surface area is 204 Å². The average Bonchev–Trinajstić information content (AvgIpc) is 3.22. The summed E-state index contributed by atoms with van der Waals surface area (Å²) in [6, 6.07) is 24.5. The van der Waals surface area contributed by atoms with Crippen molar-refractivity contribution in [3.05, 3.63) is 114 Å². The van der Waals surface area contributed by atoms with Crippen molar-refractivity contribution in [1.29, 1.82) is 0 Å². The van der Waals surface area contributed by atoms with E-state index in [1.807, 2.05) is 72.8 Å². The number of nitrogens with zero attached hydrogens (tertiary/aromatic N) is 1. The zero-order valence-corrected chi connectivity index (χ0v) is 19.8. The molecule has 3 aromatic rings. The highest BCUT2D eigenvalue weighted by atomic mass is 19.1. The van der Waals surface area contributed by atoms with Crippen LogP contribution in [0.15, 0.2) is 91.0 Å². The topological polar surface area (TPSA) is 55.8 Å². The van der Waals surface area contributed by atoms with Crippen LogP contribution < -0.4 is 0 Å². The smallest absolute Gasteiger partial charge is 0.325 e. The molecule has 180 valence electrons. The molecule has 0 aromatic heterocycles. The predicted molar refractivity (Wildman–Crippen MR) is 131 cm³/mol. The summed E-state index contributed by atoms with van der Waals surface area (Å²) in [4.78, 5) is 28.8. The van der Waals surface area contributed by atoms with Gasteiger partial charge in [-0.2, -0.15) is 0 Å². The Kier molecular flexibility index (Phi) is 7.42. The Balaban J connectivity index is 1.88. The molecule has 6 heteroatoms. The lowest BCUT2D eigenvalue weighted by Crippen LogP contribution is -2.45. The highest BCUT2D eigenvalue weighted by molar-refractivity contribution is 6.01. The van der Waals surface area contributed by atoms with Crippen LogP contribution in [0.5, 0.6) is 0 Å². The van der Waals surface area contributed by atoms with Crippen LogP contribution in [0.25, 0.3) is 6.08 Å². The maximum absolute atomic E-state index is 13.8. The van der Waals surface area contributed by atoms with Crippen LogP contribution in [0.2, 0.25) is 0 Å². The van der Waals surface area contributed by atoms with E-state index >= 15 is 0 Å². The second kappa shape index (κ2) is 10.7. The molecule has 0 radical (unpaired) electrons. The van der Waals surface area contributed by atoms with Gasteiger partial charge in [0.05, 0.1) is 20.3 Å². The standard InChI is InChI=1S/C29H28FNO4/c1-34-27(32)29(28(33)35-2)19-25(18-13-21-9-5-3-6-10-21)31(20-22-11-7-4-8-12-22)26(29)23-14-16-24(30)17-15-23/h3-18,25-26H,19-20H2,1-2H3/b18-13+/t25-,26+/m0/s1. The van der Waals surface area contributed by atoms with Gasteiger partial charge in [0.15, 0.2) is 5.41 Å². The number of carbonyl (C=O) groups is 2. The Bertz CT molecular complexity index is 1160. The Morgan fingerprint density at radius 1 is 0.914 bits per heavy atom. The second-order valence-corrected chi connectivity index (χ2v) is 8.61. The Hall–Kier alpha value is -3.77. The van der Waals surface area contributed by atoms with Crippen molar-refractivity contribution in [2.45, 2.75) is 25.0 Å². The molecule has 2 atom stereocenters. The quantitative estimate of drug-likeness (QED) is 0.349. The van der Waals surface area contributed by atoms with Crippen molar-refractivity contribution in [2.75, 3.05) is 14.2 Å². The minimum atomic E-state index is -1.62. The molecule has 1 aliphatic heterocycles. The molecule has 3 aromatic carbocycles. The number of ether oxygens (including phenoxy) is 2. The average molecular weight is 474 g/mol. The Morgan fingerprint density at radius 3 is 2.06 bits per heavy atom. The van der Waals surface area contributed by atoms with Crippen molar-refractivity contribution in [3.63, 3.8) is 0 Å². The third-order valence-corrected chi connectivity index (χ3v) is 6.56. The molecule has 0 spiro atoms. The van der Waals surface area contributed by atoms with E-state index in [1.54, 1.807) is 12.1 Å². The summed E-state index contributed by atoms with van der Waals surface area (Å²) in [5, 5.41) is 0. The fourth-order valence-electron chi connectivity index (χ4n) is 4.96. The van der Waals surface area contributed by atoms with Gasteiger partial charge < -0.3 is 9.47 Å². The van der Waals surface area contributed by atoms with E-state index in [1.165, 1.54) is 26.4 Å². The lowest BCUT2D eigenvalue weighted by molar-refractivity contribution is -0.171. The number of halogens is 1. The van der Waals surface area contributed by atoms with Gasteiger partial charge in [0, 0.05) is 12.6 Å². The number of methoxy groups -OCH3 is 2. The summed E-state index contributed by atoms with van der Waals surface area (Å²) >= 11 is 0. The van der Waals surface area contributed by atoms with E-state index in [0.717, 1.165) is 11.1 Å². The van der Waals surface area contributed by atoms with Crippen molar-refractivity contribution in [1.82, 2.24) is 4.90 Å². The highest BCUT2D eigenvalue weighted by Crippen LogP contribution is 2.53. The molecule has 0 N–H and O–H groups in total. The second-order valence-electron chi connectivity index (χ2n) is 8.61. The molecule has 0 saturated carbocycles. The summed E-state index contributed by atoms with van der Waals surface area (Å²) in [5.74, 6) is -1.75. The van der Waals surface area contributed by atoms with Gasteiger partial charge >= 0.3 is 11.9 Å². The molecule has 0 amide bonds. The van der Waals surface area contributed by atoms with Crippen molar-refractivity contribution in [3.8, 4) is 0 Å². The van der Waals surface area contributed by atoms with Gasteiger partial charge in [0.2, 0.25) is 0 Å². The van der Waals surface area contributed by atoms with E-state index in [9.17, 15) is 14.0 Å². The fourth-order valence-corrected chi connectivity index (χ4v) is 4.96. The largest absolute Gasteiger partial charge is 0.468 e. The first kappa shape index (κ1) is 24.4. The molecule has 1 saturated heterocycles. The first-order valence-corrected chi connectivity index (χ1v) is 11.4. The number of benzene rings is 3. The minimum Gasteiger partial charge on any atom is -0.468 e. The summed E-state index contributed by atoms with van der Waals surface area (Å²) < 4.78 is 24.2.